The number of benzene rings is 1. The Morgan fingerprint density at radius 1 is 1.28 bits per heavy atom. The summed E-state index contributed by atoms with van der Waals surface area (Å²) >= 11 is 0. The number of aryl methyl sites for hydroxylation is 1. The SMILES string of the molecule is Cn1ccc(Nc2ncc3cc(O)ccc3n2)n1. The van der Waals surface area contributed by atoms with E-state index in [0.717, 1.165) is 10.9 Å². The minimum absolute atomic E-state index is 0.205. The molecule has 0 aliphatic heterocycles. The first kappa shape index (κ1) is 10.5. The summed E-state index contributed by atoms with van der Waals surface area (Å²) in [4.78, 5) is 8.51. The van der Waals surface area contributed by atoms with Gasteiger partial charge in [-0.2, -0.15) is 5.10 Å². The lowest BCUT2D eigenvalue weighted by Gasteiger charge is -2.03. The van der Waals surface area contributed by atoms with Crippen LogP contribution in [0.4, 0.5) is 11.8 Å². The second-order valence-electron chi connectivity index (χ2n) is 3.94. The van der Waals surface area contributed by atoms with E-state index >= 15 is 0 Å². The molecule has 6 nitrogen and oxygen atoms in total. The average molecular weight is 241 g/mol. The van der Waals surface area contributed by atoms with Gasteiger partial charge in [0.15, 0.2) is 5.82 Å². The number of phenolic OH excluding ortho intramolecular Hbond substituents is 1. The van der Waals surface area contributed by atoms with Gasteiger partial charge in [-0.25, -0.2) is 9.97 Å². The van der Waals surface area contributed by atoms with Gasteiger partial charge < -0.3 is 10.4 Å². The van der Waals surface area contributed by atoms with Crippen LogP contribution in [0, 0.1) is 0 Å². The minimum Gasteiger partial charge on any atom is -0.508 e. The second kappa shape index (κ2) is 3.99. The van der Waals surface area contributed by atoms with Gasteiger partial charge in [0.2, 0.25) is 5.95 Å². The molecule has 0 unspecified atom stereocenters. The van der Waals surface area contributed by atoms with E-state index in [0.29, 0.717) is 11.8 Å². The van der Waals surface area contributed by atoms with Crippen molar-refractivity contribution in [1.82, 2.24) is 19.7 Å². The van der Waals surface area contributed by atoms with Gasteiger partial charge in [0, 0.05) is 30.9 Å². The average Bonchev–Trinajstić information content (AvgIpc) is 2.75. The topological polar surface area (TPSA) is 75.9 Å². The fraction of sp³-hybridized carbons (Fsp3) is 0.0833. The van der Waals surface area contributed by atoms with Crippen LogP contribution in [0.25, 0.3) is 10.9 Å². The number of nitrogens with one attached hydrogen (secondary N) is 1. The molecule has 0 atom stereocenters. The maximum Gasteiger partial charge on any atom is 0.228 e. The van der Waals surface area contributed by atoms with Gasteiger partial charge in [-0.15, -0.1) is 0 Å². The van der Waals surface area contributed by atoms with Crippen LogP contribution in [0.3, 0.4) is 0 Å². The first-order valence-corrected chi connectivity index (χ1v) is 5.43. The highest BCUT2D eigenvalue weighted by Crippen LogP contribution is 2.19. The molecular weight excluding hydrogens is 230 g/mol. The highest BCUT2D eigenvalue weighted by atomic mass is 16.3. The van der Waals surface area contributed by atoms with E-state index in [1.165, 1.54) is 0 Å². The number of rotatable bonds is 2. The third-order valence-corrected chi connectivity index (χ3v) is 2.52. The van der Waals surface area contributed by atoms with E-state index in [9.17, 15) is 5.11 Å². The van der Waals surface area contributed by atoms with E-state index in [1.54, 1.807) is 29.1 Å². The maximum atomic E-state index is 9.35. The number of fused-ring (bicyclic) bond motifs is 1. The third kappa shape index (κ3) is 1.95. The molecule has 3 rings (SSSR count). The molecule has 2 N–H and O–H groups in total. The number of aromatic hydroxyl groups is 1. The standard InChI is InChI=1S/C12H11N5O/c1-17-5-4-11(16-17)15-12-13-7-8-6-9(18)2-3-10(8)14-12/h2-7,18H,1H3,(H,13,14,15,16). The predicted octanol–water partition coefficient (Wildman–Crippen LogP) is 1.81. The lowest BCUT2D eigenvalue weighted by atomic mass is 10.2. The van der Waals surface area contributed by atoms with Crippen LogP contribution in [0.5, 0.6) is 5.75 Å². The van der Waals surface area contributed by atoms with Gasteiger partial charge in [0.25, 0.3) is 0 Å². The van der Waals surface area contributed by atoms with Crippen LogP contribution in [0.15, 0.2) is 36.7 Å². The van der Waals surface area contributed by atoms with E-state index in [4.69, 9.17) is 0 Å². The number of anilines is 2. The highest BCUT2D eigenvalue weighted by molar-refractivity contribution is 5.80. The summed E-state index contributed by atoms with van der Waals surface area (Å²) in [6.45, 7) is 0. The van der Waals surface area contributed by atoms with Crippen LogP contribution in [-0.4, -0.2) is 24.9 Å². The summed E-state index contributed by atoms with van der Waals surface area (Å²) in [6.07, 6.45) is 3.49. The van der Waals surface area contributed by atoms with Crippen molar-refractivity contribution in [1.29, 1.82) is 0 Å². The molecule has 0 aliphatic carbocycles. The number of nitrogens with zero attached hydrogens (tertiary/aromatic N) is 4. The van der Waals surface area contributed by atoms with Crippen molar-refractivity contribution in [3.63, 3.8) is 0 Å². The van der Waals surface area contributed by atoms with Crippen molar-refractivity contribution in [2.24, 2.45) is 7.05 Å². The maximum absolute atomic E-state index is 9.35. The predicted molar refractivity (Wildman–Crippen MR) is 67.7 cm³/mol. The lowest BCUT2D eigenvalue weighted by molar-refractivity contribution is 0.476. The molecule has 2 aromatic heterocycles. The lowest BCUT2D eigenvalue weighted by Crippen LogP contribution is -1.98. The number of hydrogen-bond acceptors (Lipinski definition) is 5. The summed E-state index contributed by atoms with van der Waals surface area (Å²) in [6, 6.07) is 6.81. The zero-order chi connectivity index (χ0) is 12.5. The fourth-order valence-corrected chi connectivity index (χ4v) is 1.68. The summed E-state index contributed by atoms with van der Waals surface area (Å²) in [5, 5.41) is 17.3. The van der Waals surface area contributed by atoms with E-state index < -0.39 is 0 Å². The van der Waals surface area contributed by atoms with Crippen LogP contribution in [0.1, 0.15) is 0 Å². The van der Waals surface area contributed by atoms with Gasteiger partial charge in [-0.1, -0.05) is 0 Å². The summed E-state index contributed by atoms with van der Waals surface area (Å²) in [7, 11) is 1.84. The molecule has 0 radical (unpaired) electrons. The summed E-state index contributed by atoms with van der Waals surface area (Å²) in [5.74, 6) is 1.37. The van der Waals surface area contributed by atoms with Crippen molar-refractivity contribution in [2.75, 3.05) is 5.32 Å². The molecule has 2 heterocycles. The molecule has 1 aromatic carbocycles. The van der Waals surface area contributed by atoms with Crippen LogP contribution in [0.2, 0.25) is 0 Å². The molecule has 90 valence electrons. The Kier molecular flexibility index (Phi) is 2.33. The Labute approximate surface area is 103 Å². The minimum atomic E-state index is 0.205. The van der Waals surface area contributed by atoms with Gasteiger partial charge in [-0.05, 0) is 18.2 Å². The van der Waals surface area contributed by atoms with Gasteiger partial charge in [-0.3, -0.25) is 4.68 Å². The fourth-order valence-electron chi connectivity index (χ4n) is 1.68. The Bertz CT molecular complexity index is 707. The van der Waals surface area contributed by atoms with Crippen molar-refractivity contribution >= 4 is 22.7 Å². The van der Waals surface area contributed by atoms with E-state index in [-0.39, 0.29) is 5.75 Å². The quantitative estimate of drug-likeness (QED) is 0.715. The summed E-state index contributed by atoms with van der Waals surface area (Å²) < 4.78 is 1.70. The first-order chi connectivity index (χ1) is 8.70. The molecule has 0 fully saturated rings. The molecule has 6 heteroatoms. The van der Waals surface area contributed by atoms with Crippen LogP contribution < -0.4 is 5.32 Å². The van der Waals surface area contributed by atoms with Crippen LogP contribution in [-0.2, 0) is 7.05 Å². The number of phenols is 1. The summed E-state index contributed by atoms with van der Waals surface area (Å²) in [5.41, 5.74) is 0.765. The third-order valence-electron chi connectivity index (χ3n) is 2.52. The molecule has 0 bridgehead atoms. The van der Waals surface area contributed by atoms with E-state index in [1.807, 2.05) is 19.3 Å². The second-order valence-corrected chi connectivity index (χ2v) is 3.94. The van der Waals surface area contributed by atoms with E-state index in [2.05, 4.69) is 20.4 Å². The Hall–Kier alpha value is -2.63. The van der Waals surface area contributed by atoms with Crippen LogP contribution >= 0.6 is 0 Å². The Balaban J connectivity index is 1.96. The van der Waals surface area contributed by atoms with Crippen molar-refractivity contribution < 1.29 is 5.11 Å². The normalized spacial score (nSPS) is 10.7. The number of hydrogen-bond donors (Lipinski definition) is 2. The molecule has 18 heavy (non-hydrogen) atoms. The zero-order valence-electron chi connectivity index (χ0n) is 9.70. The van der Waals surface area contributed by atoms with Crippen molar-refractivity contribution in [3.05, 3.63) is 36.7 Å². The molecule has 0 saturated heterocycles. The van der Waals surface area contributed by atoms with Crippen molar-refractivity contribution in [2.45, 2.75) is 0 Å². The van der Waals surface area contributed by atoms with Gasteiger partial charge in [0.05, 0.1) is 5.52 Å². The molecule has 0 amide bonds. The Morgan fingerprint density at radius 2 is 2.17 bits per heavy atom. The molecule has 0 saturated carbocycles. The smallest absolute Gasteiger partial charge is 0.228 e. The monoisotopic (exact) mass is 241 g/mol. The van der Waals surface area contributed by atoms with Crippen molar-refractivity contribution in [3.8, 4) is 5.75 Å². The first-order valence-electron chi connectivity index (χ1n) is 5.43. The molecule has 0 aliphatic rings. The largest absolute Gasteiger partial charge is 0.508 e. The van der Waals surface area contributed by atoms with Gasteiger partial charge >= 0.3 is 0 Å². The molecule has 3 aromatic rings. The van der Waals surface area contributed by atoms with Gasteiger partial charge in [0.1, 0.15) is 5.75 Å². The number of aromatic nitrogens is 4. The highest BCUT2D eigenvalue weighted by Gasteiger charge is 2.03. The zero-order valence-corrected chi connectivity index (χ0v) is 9.70. The molecular formula is C12H11N5O. The Morgan fingerprint density at radius 3 is 2.94 bits per heavy atom. The molecule has 0 spiro atoms.